The summed E-state index contributed by atoms with van der Waals surface area (Å²) in [4.78, 5) is 2.20. The van der Waals surface area contributed by atoms with E-state index in [0.29, 0.717) is 13.2 Å². The van der Waals surface area contributed by atoms with Crippen LogP contribution >= 0.6 is 0 Å². The van der Waals surface area contributed by atoms with Crippen molar-refractivity contribution in [1.82, 2.24) is 9.47 Å². The van der Waals surface area contributed by atoms with Crippen molar-refractivity contribution in [3.8, 4) is 11.4 Å². The number of likely N-dealkylation sites (N-methyl/N-ethyl adjacent to an activating group) is 1. The number of benzene rings is 2. The van der Waals surface area contributed by atoms with Crippen LogP contribution in [0.1, 0.15) is 13.3 Å². The molecule has 0 aliphatic carbocycles. The van der Waals surface area contributed by atoms with Crippen molar-refractivity contribution in [2.45, 2.75) is 13.3 Å². The Labute approximate surface area is 153 Å². The quantitative estimate of drug-likeness (QED) is 0.592. The second-order valence-corrected chi connectivity index (χ2v) is 6.24. The number of rotatable bonds is 9. The van der Waals surface area contributed by atoms with Crippen molar-refractivity contribution in [1.29, 1.82) is 0 Å². The summed E-state index contributed by atoms with van der Waals surface area (Å²) in [5.41, 5.74) is 1.99. The van der Waals surface area contributed by atoms with Crippen LogP contribution in [0.15, 0.2) is 54.7 Å². The van der Waals surface area contributed by atoms with Crippen LogP contribution in [0.4, 0.5) is 4.39 Å². The van der Waals surface area contributed by atoms with Gasteiger partial charge in [-0.3, -0.25) is 0 Å². The van der Waals surface area contributed by atoms with E-state index in [1.807, 2.05) is 35.0 Å². The first-order chi connectivity index (χ1) is 12.7. The van der Waals surface area contributed by atoms with Crippen LogP contribution in [0.2, 0.25) is 0 Å². The summed E-state index contributed by atoms with van der Waals surface area (Å²) in [7, 11) is 0. The first kappa shape index (κ1) is 18.4. The lowest BCUT2D eigenvalue weighted by molar-refractivity contribution is 0.189. The van der Waals surface area contributed by atoms with E-state index in [1.54, 1.807) is 12.1 Å². The van der Waals surface area contributed by atoms with Crippen molar-refractivity contribution in [2.75, 3.05) is 32.8 Å². The topological polar surface area (TPSA) is 37.6 Å². The van der Waals surface area contributed by atoms with Gasteiger partial charge in [0, 0.05) is 30.4 Å². The highest BCUT2D eigenvalue weighted by Crippen LogP contribution is 2.25. The number of fused-ring (bicyclic) bond motifs is 1. The van der Waals surface area contributed by atoms with E-state index in [-0.39, 0.29) is 12.4 Å². The van der Waals surface area contributed by atoms with Gasteiger partial charge in [-0.05, 0) is 61.5 Å². The molecule has 3 rings (SSSR count). The molecule has 0 unspecified atom stereocenters. The van der Waals surface area contributed by atoms with Gasteiger partial charge in [-0.15, -0.1) is 0 Å². The molecule has 0 aliphatic rings. The van der Waals surface area contributed by atoms with E-state index in [0.717, 1.165) is 41.9 Å². The molecule has 0 atom stereocenters. The molecule has 3 aromatic rings. The van der Waals surface area contributed by atoms with Gasteiger partial charge in [-0.1, -0.05) is 6.92 Å². The van der Waals surface area contributed by atoms with Crippen LogP contribution in [0, 0.1) is 5.82 Å². The smallest absolute Gasteiger partial charge is 0.123 e. The van der Waals surface area contributed by atoms with Crippen LogP contribution < -0.4 is 4.74 Å². The van der Waals surface area contributed by atoms with Gasteiger partial charge in [0.05, 0.1) is 18.7 Å². The number of aromatic nitrogens is 1. The number of ether oxygens (including phenoxy) is 1. The minimum atomic E-state index is -0.235. The lowest BCUT2D eigenvalue weighted by Crippen LogP contribution is -2.28. The Morgan fingerprint density at radius 1 is 1.08 bits per heavy atom. The molecule has 0 bridgehead atoms. The molecular formula is C21H25FN2O2. The van der Waals surface area contributed by atoms with Crippen molar-refractivity contribution in [3.05, 3.63) is 60.5 Å². The van der Waals surface area contributed by atoms with Crippen molar-refractivity contribution in [3.63, 3.8) is 0 Å². The molecule has 0 radical (unpaired) electrons. The SMILES string of the molecule is CCN(CCO)CCCOc1ccc2c(ccn2-c2ccc(F)cc2)c1. The maximum Gasteiger partial charge on any atom is 0.123 e. The summed E-state index contributed by atoms with van der Waals surface area (Å²) in [6, 6.07) is 14.5. The van der Waals surface area contributed by atoms with Crippen molar-refractivity contribution >= 4 is 10.9 Å². The standard InChI is InChI=1S/C21H25FN2O2/c1-2-23(13-14-25)11-3-15-26-20-8-9-21-17(16-20)10-12-24(21)19-6-4-18(22)5-7-19/h4-10,12,16,25H,2-3,11,13-15H2,1H3. The summed E-state index contributed by atoms with van der Waals surface area (Å²) < 4.78 is 21.0. The number of hydrogen-bond donors (Lipinski definition) is 1. The van der Waals surface area contributed by atoms with Gasteiger partial charge >= 0.3 is 0 Å². The Balaban J connectivity index is 1.62. The zero-order valence-corrected chi connectivity index (χ0v) is 15.1. The van der Waals surface area contributed by atoms with Gasteiger partial charge < -0.3 is 19.3 Å². The fraction of sp³-hybridized carbons (Fsp3) is 0.333. The molecule has 26 heavy (non-hydrogen) atoms. The Morgan fingerprint density at radius 2 is 1.88 bits per heavy atom. The van der Waals surface area contributed by atoms with E-state index in [2.05, 4.69) is 11.8 Å². The summed E-state index contributed by atoms with van der Waals surface area (Å²) >= 11 is 0. The molecule has 1 N–H and O–H groups in total. The van der Waals surface area contributed by atoms with Crippen LogP contribution in [0.5, 0.6) is 5.75 Å². The molecule has 0 fully saturated rings. The molecular weight excluding hydrogens is 331 g/mol. The van der Waals surface area contributed by atoms with Crippen LogP contribution in [-0.2, 0) is 0 Å². The number of aliphatic hydroxyl groups is 1. The average molecular weight is 356 g/mol. The van der Waals surface area contributed by atoms with Crippen LogP contribution in [0.25, 0.3) is 16.6 Å². The molecule has 5 heteroatoms. The minimum Gasteiger partial charge on any atom is -0.494 e. The van der Waals surface area contributed by atoms with Crippen molar-refractivity contribution < 1.29 is 14.2 Å². The van der Waals surface area contributed by atoms with E-state index in [1.165, 1.54) is 12.1 Å². The molecule has 4 nitrogen and oxygen atoms in total. The molecule has 2 aromatic carbocycles. The second-order valence-electron chi connectivity index (χ2n) is 6.24. The van der Waals surface area contributed by atoms with Crippen LogP contribution in [-0.4, -0.2) is 47.4 Å². The van der Waals surface area contributed by atoms with Crippen molar-refractivity contribution in [2.24, 2.45) is 0 Å². The highest BCUT2D eigenvalue weighted by atomic mass is 19.1. The summed E-state index contributed by atoms with van der Waals surface area (Å²) in [5, 5.41) is 10.1. The average Bonchev–Trinajstić information content (AvgIpc) is 3.08. The van der Waals surface area contributed by atoms with Gasteiger partial charge in [-0.2, -0.15) is 0 Å². The third-order valence-corrected chi connectivity index (χ3v) is 4.52. The molecule has 0 aliphatic heterocycles. The highest BCUT2D eigenvalue weighted by molar-refractivity contribution is 5.83. The lowest BCUT2D eigenvalue weighted by atomic mass is 10.2. The summed E-state index contributed by atoms with van der Waals surface area (Å²) in [5.74, 6) is 0.612. The normalized spacial score (nSPS) is 11.4. The maximum absolute atomic E-state index is 13.1. The van der Waals surface area contributed by atoms with Gasteiger partial charge in [0.2, 0.25) is 0 Å². The number of nitrogens with zero attached hydrogens (tertiary/aromatic N) is 2. The third-order valence-electron chi connectivity index (χ3n) is 4.52. The molecule has 0 saturated heterocycles. The fourth-order valence-electron chi connectivity index (χ4n) is 3.08. The van der Waals surface area contributed by atoms with Gasteiger partial charge in [0.1, 0.15) is 11.6 Å². The largest absolute Gasteiger partial charge is 0.494 e. The Bertz CT molecular complexity index is 830. The molecule has 138 valence electrons. The lowest BCUT2D eigenvalue weighted by Gasteiger charge is -2.18. The van der Waals surface area contributed by atoms with Gasteiger partial charge in [0.25, 0.3) is 0 Å². The van der Waals surface area contributed by atoms with Crippen LogP contribution in [0.3, 0.4) is 0 Å². The minimum absolute atomic E-state index is 0.191. The zero-order valence-electron chi connectivity index (χ0n) is 15.1. The van der Waals surface area contributed by atoms with E-state index in [4.69, 9.17) is 9.84 Å². The van der Waals surface area contributed by atoms with E-state index in [9.17, 15) is 4.39 Å². The van der Waals surface area contributed by atoms with Gasteiger partial charge in [0.15, 0.2) is 0 Å². The molecule has 1 heterocycles. The third kappa shape index (κ3) is 4.42. The number of hydrogen-bond acceptors (Lipinski definition) is 3. The summed E-state index contributed by atoms with van der Waals surface area (Å²) in [6.07, 6.45) is 2.90. The predicted molar refractivity (Wildman–Crippen MR) is 103 cm³/mol. The Hall–Kier alpha value is -2.37. The monoisotopic (exact) mass is 356 g/mol. The van der Waals surface area contributed by atoms with E-state index >= 15 is 0 Å². The first-order valence-electron chi connectivity index (χ1n) is 9.04. The van der Waals surface area contributed by atoms with Gasteiger partial charge in [-0.25, -0.2) is 4.39 Å². The fourth-order valence-corrected chi connectivity index (χ4v) is 3.08. The number of aliphatic hydroxyl groups excluding tert-OH is 1. The maximum atomic E-state index is 13.1. The highest BCUT2D eigenvalue weighted by Gasteiger charge is 2.06. The Kier molecular flexibility index (Phi) is 6.26. The zero-order chi connectivity index (χ0) is 18.4. The first-order valence-corrected chi connectivity index (χ1v) is 9.04. The predicted octanol–water partition coefficient (Wildman–Crippen LogP) is 3.85. The molecule has 1 aromatic heterocycles. The number of halogens is 1. The molecule has 0 spiro atoms. The molecule has 0 saturated carbocycles. The second kappa shape index (κ2) is 8.83. The molecule has 0 amide bonds. The summed E-state index contributed by atoms with van der Waals surface area (Å²) in [6.45, 7) is 5.49. The Morgan fingerprint density at radius 3 is 2.62 bits per heavy atom. The van der Waals surface area contributed by atoms with E-state index < -0.39 is 0 Å².